The number of hydrogen-bond donors (Lipinski definition) is 3. The summed E-state index contributed by atoms with van der Waals surface area (Å²) in [7, 11) is 3.24. The van der Waals surface area contributed by atoms with Gasteiger partial charge in [0.05, 0.1) is 22.9 Å². The third-order valence-corrected chi connectivity index (χ3v) is 3.68. The summed E-state index contributed by atoms with van der Waals surface area (Å²) in [6.45, 7) is 1.79. The molecule has 3 amide bonds. The lowest BCUT2D eigenvalue weighted by atomic mass is 10.2. The molecule has 0 saturated carbocycles. The number of methoxy groups -OCH3 is 1. The maximum atomic E-state index is 12.2. The number of halogens is 1. The molecule has 0 saturated heterocycles. The molecule has 1 atom stereocenters. The second-order valence-electron chi connectivity index (χ2n) is 5.44. The summed E-state index contributed by atoms with van der Waals surface area (Å²) in [6, 6.07) is 4.15. The average Bonchev–Trinajstić information content (AvgIpc) is 2.97. The highest BCUT2D eigenvalue weighted by Crippen LogP contribution is 2.25. The van der Waals surface area contributed by atoms with Crippen LogP contribution in [0.15, 0.2) is 30.6 Å². The van der Waals surface area contributed by atoms with Crippen LogP contribution in [0.5, 0.6) is 0 Å². The lowest BCUT2D eigenvalue weighted by Gasteiger charge is -2.15. The molecular formula is C16H20ClN5O3. The topological polar surface area (TPSA) is 97.3 Å². The quantitative estimate of drug-likeness (QED) is 0.732. The maximum absolute atomic E-state index is 12.2. The minimum Gasteiger partial charge on any atom is -0.375 e. The van der Waals surface area contributed by atoms with Gasteiger partial charge in [0.25, 0.3) is 0 Å². The number of carbonyl (C=O) groups excluding carboxylic acids is 2. The van der Waals surface area contributed by atoms with Crippen LogP contribution in [-0.4, -0.2) is 35.4 Å². The van der Waals surface area contributed by atoms with Crippen LogP contribution < -0.4 is 16.0 Å². The van der Waals surface area contributed by atoms with Crippen LogP contribution in [0.1, 0.15) is 18.5 Å². The largest absolute Gasteiger partial charge is 0.375 e. The molecular weight excluding hydrogens is 346 g/mol. The van der Waals surface area contributed by atoms with Gasteiger partial charge in [0.1, 0.15) is 6.61 Å². The summed E-state index contributed by atoms with van der Waals surface area (Å²) in [5, 5.41) is 12.5. The SMILES string of the molecule is COCC(=O)Nc1ccc(Cl)c(NC(=O)NC(C)c2cnn(C)c2)c1. The zero-order valence-electron chi connectivity index (χ0n) is 14.2. The molecule has 1 aromatic carbocycles. The Morgan fingerprint density at radius 3 is 2.76 bits per heavy atom. The first kappa shape index (κ1) is 18.8. The minimum absolute atomic E-state index is 0.0610. The van der Waals surface area contributed by atoms with Crippen LogP contribution in [0.2, 0.25) is 5.02 Å². The van der Waals surface area contributed by atoms with Gasteiger partial charge in [0, 0.05) is 31.6 Å². The first-order chi connectivity index (χ1) is 11.9. The van der Waals surface area contributed by atoms with Crippen molar-refractivity contribution in [3.63, 3.8) is 0 Å². The molecule has 1 unspecified atom stereocenters. The van der Waals surface area contributed by atoms with Gasteiger partial charge >= 0.3 is 6.03 Å². The lowest BCUT2D eigenvalue weighted by molar-refractivity contribution is -0.119. The van der Waals surface area contributed by atoms with E-state index < -0.39 is 6.03 Å². The smallest absolute Gasteiger partial charge is 0.319 e. The molecule has 1 aromatic heterocycles. The fourth-order valence-electron chi connectivity index (χ4n) is 2.13. The van der Waals surface area contributed by atoms with Crippen LogP contribution in [-0.2, 0) is 16.6 Å². The Morgan fingerprint density at radius 1 is 1.36 bits per heavy atom. The highest BCUT2D eigenvalue weighted by atomic mass is 35.5. The van der Waals surface area contributed by atoms with Gasteiger partial charge in [-0.25, -0.2) is 4.79 Å². The highest BCUT2D eigenvalue weighted by Gasteiger charge is 2.13. The lowest BCUT2D eigenvalue weighted by Crippen LogP contribution is -2.31. The second kappa shape index (κ2) is 8.50. The monoisotopic (exact) mass is 365 g/mol. The number of nitrogens with one attached hydrogen (secondary N) is 3. The summed E-state index contributed by atoms with van der Waals surface area (Å²) in [5.41, 5.74) is 1.76. The Balaban J connectivity index is 2.00. The van der Waals surface area contributed by atoms with E-state index in [0.717, 1.165) is 5.56 Å². The number of carbonyl (C=O) groups is 2. The molecule has 0 aliphatic heterocycles. The van der Waals surface area contributed by atoms with E-state index in [2.05, 4.69) is 21.0 Å². The summed E-state index contributed by atoms with van der Waals surface area (Å²) in [6.07, 6.45) is 3.51. The van der Waals surface area contributed by atoms with Crippen molar-refractivity contribution in [2.75, 3.05) is 24.4 Å². The molecule has 0 fully saturated rings. The normalized spacial score (nSPS) is 11.7. The number of nitrogens with zero attached hydrogens (tertiary/aromatic N) is 2. The number of aromatic nitrogens is 2. The Labute approximate surface area is 150 Å². The Hall–Kier alpha value is -2.58. The van der Waals surface area contributed by atoms with Gasteiger partial charge in [0.2, 0.25) is 5.91 Å². The fourth-order valence-corrected chi connectivity index (χ4v) is 2.29. The van der Waals surface area contributed by atoms with Gasteiger partial charge in [-0.05, 0) is 25.1 Å². The minimum atomic E-state index is -0.418. The van der Waals surface area contributed by atoms with E-state index in [-0.39, 0.29) is 18.6 Å². The van der Waals surface area contributed by atoms with Crippen molar-refractivity contribution in [1.82, 2.24) is 15.1 Å². The fraction of sp³-hybridized carbons (Fsp3) is 0.312. The van der Waals surface area contributed by atoms with Crippen LogP contribution in [0, 0.1) is 0 Å². The van der Waals surface area contributed by atoms with E-state index >= 15 is 0 Å². The number of urea groups is 1. The van der Waals surface area contributed by atoms with Gasteiger partial charge in [0.15, 0.2) is 0 Å². The highest BCUT2D eigenvalue weighted by molar-refractivity contribution is 6.33. The summed E-state index contributed by atoms with van der Waals surface area (Å²) in [5.74, 6) is -0.301. The number of benzene rings is 1. The van der Waals surface area contributed by atoms with Crippen LogP contribution >= 0.6 is 11.6 Å². The van der Waals surface area contributed by atoms with E-state index in [9.17, 15) is 9.59 Å². The van der Waals surface area contributed by atoms with E-state index in [0.29, 0.717) is 16.4 Å². The first-order valence-electron chi connectivity index (χ1n) is 7.53. The summed E-state index contributed by atoms with van der Waals surface area (Å²) < 4.78 is 6.42. The molecule has 25 heavy (non-hydrogen) atoms. The molecule has 2 aromatic rings. The van der Waals surface area contributed by atoms with Crippen LogP contribution in [0.4, 0.5) is 16.2 Å². The van der Waals surface area contributed by atoms with Gasteiger partial charge in [-0.1, -0.05) is 11.6 Å². The molecule has 2 rings (SSSR count). The van der Waals surface area contributed by atoms with Crippen molar-refractivity contribution in [3.8, 4) is 0 Å². The number of ether oxygens (including phenoxy) is 1. The van der Waals surface area contributed by atoms with Crippen molar-refractivity contribution >= 4 is 34.9 Å². The Kier molecular flexibility index (Phi) is 6.37. The summed E-state index contributed by atoms with van der Waals surface area (Å²) >= 11 is 6.10. The molecule has 0 aliphatic rings. The van der Waals surface area contributed by atoms with Crippen molar-refractivity contribution < 1.29 is 14.3 Å². The van der Waals surface area contributed by atoms with Crippen molar-refractivity contribution in [1.29, 1.82) is 0 Å². The molecule has 0 spiro atoms. The van der Waals surface area contributed by atoms with E-state index in [1.54, 1.807) is 36.1 Å². The number of aryl methyl sites for hydroxylation is 1. The average molecular weight is 366 g/mol. The molecule has 8 nitrogen and oxygen atoms in total. The predicted octanol–water partition coefficient (Wildman–Crippen LogP) is 2.54. The zero-order valence-corrected chi connectivity index (χ0v) is 14.9. The van der Waals surface area contributed by atoms with E-state index in [4.69, 9.17) is 16.3 Å². The van der Waals surface area contributed by atoms with Crippen LogP contribution in [0.3, 0.4) is 0 Å². The standard InChI is InChI=1S/C16H20ClN5O3/c1-10(11-7-18-22(2)8-11)19-16(24)21-14-6-12(4-5-13(14)17)20-15(23)9-25-3/h4-8,10H,9H2,1-3H3,(H,20,23)(H2,19,21,24). The van der Waals surface area contributed by atoms with Crippen molar-refractivity contribution in [2.24, 2.45) is 7.05 Å². The van der Waals surface area contributed by atoms with Gasteiger partial charge in [-0.3, -0.25) is 9.48 Å². The molecule has 9 heteroatoms. The molecule has 0 aliphatic carbocycles. The predicted molar refractivity (Wildman–Crippen MR) is 95.7 cm³/mol. The number of hydrogen-bond acceptors (Lipinski definition) is 4. The Bertz CT molecular complexity index is 762. The van der Waals surface area contributed by atoms with E-state index in [1.165, 1.54) is 7.11 Å². The number of rotatable bonds is 6. The zero-order chi connectivity index (χ0) is 18.4. The molecule has 134 valence electrons. The van der Waals surface area contributed by atoms with Gasteiger partial charge in [-0.15, -0.1) is 0 Å². The molecule has 0 bridgehead atoms. The molecule has 3 N–H and O–H groups in total. The van der Waals surface area contributed by atoms with Gasteiger partial charge < -0.3 is 20.7 Å². The van der Waals surface area contributed by atoms with Crippen molar-refractivity contribution in [3.05, 3.63) is 41.2 Å². The van der Waals surface area contributed by atoms with Crippen molar-refractivity contribution in [2.45, 2.75) is 13.0 Å². The second-order valence-corrected chi connectivity index (χ2v) is 5.85. The maximum Gasteiger partial charge on any atom is 0.319 e. The summed E-state index contributed by atoms with van der Waals surface area (Å²) in [4.78, 5) is 23.7. The van der Waals surface area contributed by atoms with Crippen LogP contribution in [0.25, 0.3) is 0 Å². The number of amides is 3. The Morgan fingerprint density at radius 2 is 2.12 bits per heavy atom. The van der Waals surface area contributed by atoms with Gasteiger partial charge in [-0.2, -0.15) is 5.10 Å². The third kappa shape index (κ3) is 5.47. The number of anilines is 2. The molecule has 1 heterocycles. The molecule has 0 radical (unpaired) electrons. The van der Waals surface area contributed by atoms with E-state index in [1.807, 2.05) is 13.1 Å². The third-order valence-electron chi connectivity index (χ3n) is 3.35. The first-order valence-corrected chi connectivity index (χ1v) is 7.91.